The summed E-state index contributed by atoms with van der Waals surface area (Å²) < 4.78 is 0. The van der Waals surface area contributed by atoms with Gasteiger partial charge in [0.1, 0.15) is 0 Å². The van der Waals surface area contributed by atoms with Gasteiger partial charge in [0.2, 0.25) is 0 Å². The van der Waals surface area contributed by atoms with E-state index in [2.05, 4.69) is 80.6 Å². The van der Waals surface area contributed by atoms with Crippen LogP contribution in [0, 0.1) is 0 Å². The molecule has 0 radical (unpaired) electrons. The Balaban J connectivity index is 1.89. The summed E-state index contributed by atoms with van der Waals surface area (Å²) in [6.07, 6.45) is 7.83. The van der Waals surface area contributed by atoms with Gasteiger partial charge in [-0.25, -0.2) is 0 Å². The van der Waals surface area contributed by atoms with Crippen molar-refractivity contribution in [3.8, 4) is 0 Å². The lowest BCUT2D eigenvalue weighted by Crippen LogP contribution is -1.96. The van der Waals surface area contributed by atoms with E-state index in [9.17, 15) is 0 Å². The molecular weight excluding hydrogens is 240 g/mol. The molecule has 0 nitrogen and oxygen atoms in total. The minimum Gasteiger partial charge on any atom is -0.0842 e. The van der Waals surface area contributed by atoms with Crippen molar-refractivity contribution in [3.63, 3.8) is 0 Å². The second-order valence-electron chi connectivity index (χ2n) is 5.40. The first-order chi connectivity index (χ1) is 9.79. The molecule has 2 aromatic rings. The van der Waals surface area contributed by atoms with Crippen LogP contribution >= 0.6 is 0 Å². The molecule has 104 valence electrons. The Labute approximate surface area is 123 Å². The second-order valence-corrected chi connectivity index (χ2v) is 5.40. The SMILES string of the molecule is CCC=Cc1ccc(CCC(C)c2ccccc2)cc1. The summed E-state index contributed by atoms with van der Waals surface area (Å²) in [6.45, 7) is 4.48. The summed E-state index contributed by atoms with van der Waals surface area (Å²) >= 11 is 0. The third-order valence-electron chi connectivity index (χ3n) is 3.76. The highest BCUT2D eigenvalue weighted by Gasteiger charge is 2.04. The van der Waals surface area contributed by atoms with Gasteiger partial charge in [-0.2, -0.15) is 0 Å². The van der Waals surface area contributed by atoms with E-state index in [0.29, 0.717) is 5.92 Å². The average Bonchev–Trinajstić information content (AvgIpc) is 2.52. The first-order valence-corrected chi connectivity index (χ1v) is 7.60. The van der Waals surface area contributed by atoms with E-state index in [-0.39, 0.29) is 0 Å². The third-order valence-corrected chi connectivity index (χ3v) is 3.76. The quantitative estimate of drug-likeness (QED) is 0.614. The molecule has 0 saturated carbocycles. The van der Waals surface area contributed by atoms with Crippen LogP contribution in [0.5, 0.6) is 0 Å². The molecule has 2 rings (SSSR count). The van der Waals surface area contributed by atoms with Crippen LogP contribution in [0.1, 0.15) is 49.3 Å². The van der Waals surface area contributed by atoms with Gasteiger partial charge in [-0.05, 0) is 41.9 Å². The molecule has 0 aliphatic carbocycles. The summed E-state index contributed by atoms with van der Waals surface area (Å²) in [5, 5.41) is 0. The standard InChI is InChI=1S/C20H24/c1-3-4-8-18-13-15-19(16-14-18)12-11-17(2)20-9-6-5-7-10-20/h4-10,13-17H,3,11-12H2,1-2H3. The first-order valence-electron chi connectivity index (χ1n) is 7.60. The summed E-state index contributed by atoms with van der Waals surface area (Å²) in [5.74, 6) is 0.621. The van der Waals surface area contributed by atoms with Crippen molar-refractivity contribution >= 4 is 6.08 Å². The van der Waals surface area contributed by atoms with Crippen molar-refractivity contribution in [1.29, 1.82) is 0 Å². The monoisotopic (exact) mass is 264 g/mol. The van der Waals surface area contributed by atoms with Gasteiger partial charge in [0, 0.05) is 0 Å². The fourth-order valence-electron chi connectivity index (χ4n) is 2.38. The van der Waals surface area contributed by atoms with E-state index in [1.54, 1.807) is 0 Å². The number of hydrogen-bond acceptors (Lipinski definition) is 0. The highest BCUT2D eigenvalue weighted by Crippen LogP contribution is 2.21. The van der Waals surface area contributed by atoms with E-state index >= 15 is 0 Å². The first kappa shape index (κ1) is 14.6. The summed E-state index contributed by atoms with van der Waals surface area (Å²) in [7, 11) is 0. The van der Waals surface area contributed by atoms with Crippen LogP contribution in [0.4, 0.5) is 0 Å². The smallest absolute Gasteiger partial charge is 0.0187 e. The predicted molar refractivity (Wildman–Crippen MR) is 88.9 cm³/mol. The van der Waals surface area contributed by atoms with Crippen LogP contribution < -0.4 is 0 Å². The average molecular weight is 264 g/mol. The molecule has 0 bridgehead atoms. The fraction of sp³-hybridized carbons (Fsp3) is 0.300. The van der Waals surface area contributed by atoms with Crippen LogP contribution in [-0.2, 0) is 6.42 Å². The lowest BCUT2D eigenvalue weighted by atomic mass is 9.94. The number of rotatable bonds is 6. The van der Waals surface area contributed by atoms with Crippen LogP contribution in [-0.4, -0.2) is 0 Å². The second kappa shape index (κ2) is 7.69. The Morgan fingerprint density at radius 3 is 2.30 bits per heavy atom. The van der Waals surface area contributed by atoms with Crippen molar-refractivity contribution in [3.05, 3.63) is 77.4 Å². The van der Waals surface area contributed by atoms with Gasteiger partial charge in [-0.1, -0.05) is 80.6 Å². The highest BCUT2D eigenvalue weighted by molar-refractivity contribution is 5.49. The molecule has 0 N–H and O–H groups in total. The van der Waals surface area contributed by atoms with E-state index < -0.39 is 0 Å². The van der Waals surface area contributed by atoms with Crippen LogP contribution in [0.2, 0.25) is 0 Å². The Kier molecular flexibility index (Phi) is 5.61. The van der Waals surface area contributed by atoms with Gasteiger partial charge in [-0.3, -0.25) is 0 Å². The lowest BCUT2D eigenvalue weighted by Gasteiger charge is -2.11. The van der Waals surface area contributed by atoms with Crippen LogP contribution in [0.15, 0.2) is 60.7 Å². The Morgan fingerprint density at radius 1 is 0.950 bits per heavy atom. The van der Waals surface area contributed by atoms with E-state index in [1.165, 1.54) is 23.1 Å². The number of benzene rings is 2. The van der Waals surface area contributed by atoms with Crippen LogP contribution in [0.3, 0.4) is 0 Å². The van der Waals surface area contributed by atoms with Gasteiger partial charge >= 0.3 is 0 Å². The molecule has 2 aromatic carbocycles. The van der Waals surface area contributed by atoms with Crippen molar-refractivity contribution in [2.24, 2.45) is 0 Å². The molecule has 0 amide bonds. The van der Waals surface area contributed by atoms with Crippen molar-refractivity contribution in [1.82, 2.24) is 0 Å². The van der Waals surface area contributed by atoms with Gasteiger partial charge in [0.05, 0.1) is 0 Å². The summed E-state index contributed by atoms with van der Waals surface area (Å²) in [4.78, 5) is 0. The summed E-state index contributed by atoms with van der Waals surface area (Å²) in [6, 6.07) is 19.7. The molecule has 1 atom stereocenters. The number of hydrogen-bond donors (Lipinski definition) is 0. The maximum atomic E-state index is 2.31. The fourth-order valence-corrected chi connectivity index (χ4v) is 2.38. The summed E-state index contributed by atoms with van der Waals surface area (Å²) in [5.41, 5.74) is 4.17. The maximum absolute atomic E-state index is 2.31. The zero-order valence-corrected chi connectivity index (χ0v) is 12.5. The Hall–Kier alpha value is -1.82. The normalized spacial score (nSPS) is 12.7. The van der Waals surface area contributed by atoms with Crippen molar-refractivity contribution < 1.29 is 0 Å². The molecule has 0 aromatic heterocycles. The highest BCUT2D eigenvalue weighted by atomic mass is 14.1. The number of aryl methyl sites for hydroxylation is 1. The third kappa shape index (κ3) is 4.38. The van der Waals surface area contributed by atoms with Gasteiger partial charge in [-0.15, -0.1) is 0 Å². The topological polar surface area (TPSA) is 0 Å². The van der Waals surface area contributed by atoms with Gasteiger partial charge in [0.25, 0.3) is 0 Å². The molecule has 0 fully saturated rings. The molecule has 0 aliphatic heterocycles. The molecule has 0 heterocycles. The predicted octanol–water partition coefficient (Wildman–Crippen LogP) is 5.85. The van der Waals surface area contributed by atoms with Crippen molar-refractivity contribution in [2.45, 2.75) is 39.0 Å². The molecule has 20 heavy (non-hydrogen) atoms. The zero-order chi connectivity index (χ0) is 14.2. The Morgan fingerprint density at radius 2 is 1.65 bits per heavy atom. The van der Waals surface area contributed by atoms with Gasteiger partial charge in [0.15, 0.2) is 0 Å². The number of allylic oxidation sites excluding steroid dienone is 1. The molecule has 0 heteroatoms. The Bertz CT molecular complexity index is 520. The maximum Gasteiger partial charge on any atom is -0.0187 e. The van der Waals surface area contributed by atoms with E-state index in [4.69, 9.17) is 0 Å². The molecule has 0 saturated heterocycles. The molecule has 1 unspecified atom stereocenters. The molecular formula is C20H24. The van der Waals surface area contributed by atoms with Crippen LogP contribution in [0.25, 0.3) is 6.08 Å². The zero-order valence-electron chi connectivity index (χ0n) is 12.5. The van der Waals surface area contributed by atoms with Crippen molar-refractivity contribution in [2.75, 3.05) is 0 Å². The van der Waals surface area contributed by atoms with Gasteiger partial charge < -0.3 is 0 Å². The largest absolute Gasteiger partial charge is 0.0842 e. The molecule has 0 aliphatic rings. The van der Waals surface area contributed by atoms with E-state index in [1.807, 2.05) is 0 Å². The molecule has 0 spiro atoms. The minimum atomic E-state index is 0.621. The lowest BCUT2D eigenvalue weighted by molar-refractivity contribution is 0.679. The van der Waals surface area contributed by atoms with E-state index in [0.717, 1.165) is 12.8 Å². The minimum absolute atomic E-state index is 0.621.